The maximum absolute atomic E-state index is 13.4. The topological polar surface area (TPSA) is 63.1 Å². The summed E-state index contributed by atoms with van der Waals surface area (Å²) < 4.78 is 14.9. The van der Waals surface area contributed by atoms with E-state index in [4.69, 9.17) is 0 Å². The van der Waals surface area contributed by atoms with Gasteiger partial charge in [-0.1, -0.05) is 12.1 Å². The van der Waals surface area contributed by atoms with Crippen LogP contribution < -0.4 is 5.32 Å². The SMILES string of the molecule is CC(C(=O)NCC(c1cccc(F)c1)N(C)C)n1cncn1. The normalized spacial score (nSPS) is 13.9. The molecule has 0 spiro atoms. The maximum Gasteiger partial charge on any atom is 0.244 e. The van der Waals surface area contributed by atoms with Crippen molar-refractivity contribution in [1.29, 1.82) is 0 Å². The van der Waals surface area contributed by atoms with Gasteiger partial charge in [0.1, 0.15) is 24.5 Å². The number of aromatic nitrogens is 3. The predicted octanol–water partition coefficient (Wildman–Crippen LogP) is 1.40. The van der Waals surface area contributed by atoms with Gasteiger partial charge < -0.3 is 10.2 Å². The van der Waals surface area contributed by atoms with E-state index >= 15 is 0 Å². The van der Waals surface area contributed by atoms with Crippen molar-refractivity contribution in [2.24, 2.45) is 0 Å². The summed E-state index contributed by atoms with van der Waals surface area (Å²) in [5.74, 6) is -0.444. The minimum atomic E-state index is -0.446. The number of nitrogens with one attached hydrogen (secondary N) is 1. The van der Waals surface area contributed by atoms with Crippen LogP contribution in [-0.2, 0) is 4.79 Å². The molecule has 7 heteroatoms. The Kier molecular flexibility index (Phi) is 5.21. The average molecular weight is 305 g/mol. The van der Waals surface area contributed by atoms with Gasteiger partial charge >= 0.3 is 0 Å². The van der Waals surface area contributed by atoms with Crippen LogP contribution in [-0.4, -0.2) is 46.2 Å². The Morgan fingerprint density at radius 2 is 2.23 bits per heavy atom. The van der Waals surface area contributed by atoms with E-state index < -0.39 is 6.04 Å². The van der Waals surface area contributed by atoms with Gasteiger partial charge in [0.2, 0.25) is 5.91 Å². The first-order valence-corrected chi connectivity index (χ1v) is 7.02. The smallest absolute Gasteiger partial charge is 0.244 e. The fraction of sp³-hybridized carbons (Fsp3) is 0.400. The Labute approximate surface area is 129 Å². The van der Waals surface area contributed by atoms with Gasteiger partial charge in [-0.25, -0.2) is 14.1 Å². The number of likely N-dealkylation sites (N-methyl/N-ethyl adjacent to an activating group) is 1. The van der Waals surface area contributed by atoms with Crippen molar-refractivity contribution in [3.63, 3.8) is 0 Å². The number of benzene rings is 1. The van der Waals surface area contributed by atoms with Gasteiger partial charge in [-0.3, -0.25) is 4.79 Å². The zero-order valence-electron chi connectivity index (χ0n) is 12.9. The van der Waals surface area contributed by atoms with Gasteiger partial charge in [0.05, 0.1) is 6.04 Å². The summed E-state index contributed by atoms with van der Waals surface area (Å²) in [6, 6.07) is 5.85. The summed E-state index contributed by atoms with van der Waals surface area (Å²) in [7, 11) is 3.78. The van der Waals surface area contributed by atoms with E-state index in [9.17, 15) is 9.18 Å². The first-order chi connectivity index (χ1) is 10.5. The van der Waals surface area contributed by atoms with Crippen LogP contribution >= 0.6 is 0 Å². The molecule has 6 nitrogen and oxygen atoms in total. The largest absolute Gasteiger partial charge is 0.352 e. The number of rotatable bonds is 6. The molecule has 2 atom stereocenters. The van der Waals surface area contributed by atoms with Crippen molar-refractivity contribution >= 4 is 5.91 Å². The molecule has 1 heterocycles. The molecule has 0 aliphatic rings. The summed E-state index contributed by atoms with van der Waals surface area (Å²) >= 11 is 0. The Morgan fingerprint density at radius 1 is 1.45 bits per heavy atom. The number of amides is 1. The lowest BCUT2D eigenvalue weighted by Gasteiger charge is -2.25. The molecular formula is C15H20FN5O. The van der Waals surface area contributed by atoms with Crippen LogP contribution in [0.15, 0.2) is 36.9 Å². The molecular weight excluding hydrogens is 285 g/mol. The number of hydrogen-bond donors (Lipinski definition) is 1. The highest BCUT2D eigenvalue weighted by molar-refractivity contribution is 5.79. The van der Waals surface area contributed by atoms with Crippen LogP contribution in [0.25, 0.3) is 0 Å². The molecule has 2 unspecified atom stereocenters. The highest BCUT2D eigenvalue weighted by Crippen LogP contribution is 2.18. The summed E-state index contributed by atoms with van der Waals surface area (Å²) in [5, 5.41) is 6.83. The molecule has 118 valence electrons. The summed E-state index contributed by atoms with van der Waals surface area (Å²) in [6.45, 7) is 2.13. The van der Waals surface area contributed by atoms with Crippen LogP contribution in [0, 0.1) is 5.82 Å². The number of halogens is 1. The second kappa shape index (κ2) is 7.13. The Morgan fingerprint density at radius 3 is 2.82 bits per heavy atom. The fourth-order valence-corrected chi connectivity index (χ4v) is 2.19. The zero-order chi connectivity index (χ0) is 16.1. The highest BCUT2D eigenvalue weighted by Gasteiger charge is 2.19. The van der Waals surface area contributed by atoms with E-state index in [1.54, 1.807) is 13.0 Å². The minimum absolute atomic E-state index is 0.109. The first-order valence-electron chi connectivity index (χ1n) is 7.02. The molecule has 0 bridgehead atoms. The van der Waals surface area contributed by atoms with Crippen LogP contribution in [0.3, 0.4) is 0 Å². The van der Waals surface area contributed by atoms with E-state index in [1.807, 2.05) is 25.1 Å². The number of hydrogen-bond acceptors (Lipinski definition) is 4. The van der Waals surface area contributed by atoms with Crippen molar-refractivity contribution in [1.82, 2.24) is 25.0 Å². The third-order valence-electron chi connectivity index (χ3n) is 3.54. The van der Waals surface area contributed by atoms with Crippen molar-refractivity contribution < 1.29 is 9.18 Å². The minimum Gasteiger partial charge on any atom is -0.352 e. The Balaban J connectivity index is 2.02. The fourth-order valence-electron chi connectivity index (χ4n) is 2.19. The van der Waals surface area contributed by atoms with Crippen LogP contribution in [0.5, 0.6) is 0 Å². The van der Waals surface area contributed by atoms with Crippen LogP contribution in [0.2, 0.25) is 0 Å². The quantitative estimate of drug-likeness (QED) is 0.876. The Bertz CT molecular complexity index is 614. The second-order valence-electron chi connectivity index (χ2n) is 5.33. The lowest BCUT2D eigenvalue weighted by molar-refractivity contribution is -0.124. The average Bonchev–Trinajstić information content (AvgIpc) is 3.00. The molecule has 0 saturated heterocycles. The summed E-state index contributed by atoms with van der Waals surface area (Å²) in [4.78, 5) is 17.9. The van der Waals surface area contributed by atoms with E-state index in [0.29, 0.717) is 6.54 Å². The molecule has 0 saturated carbocycles. The monoisotopic (exact) mass is 305 g/mol. The standard InChI is InChI=1S/C15H20FN5O/c1-11(21-10-17-9-19-21)15(22)18-8-14(20(2)3)12-5-4-6-13(16)7-12/h4-7,9-11,14H,8H2,1-3H3,(H,18,22). The van der Waals surface area contributed by atoms with E-state index in [2.05, 4.69) is 15.4 Å². The van der Waals surface area contributed by atoms with Crippen molar-refractivity contribution in [2.45, 2.75) is 19.0 Å². The predicted molar refractivity (Wildman–Crippen MR) is 80.6 cm³/mol. The molecule has 1 amide bonds. The molecule has 1 aromatic carbocycles. The van der Waals surface area contributed by atoms with Gasteiger partial charge in [-0.05, 0) is 38.7 Å². The molecule has 2 rings (SSSR count). The lowest BCUT2D eigenvalue weighted by atomic mass is 10.1. The molecule has 22 heavy (non-hydrogen) atoms. The number of carbonyl (C=O) groups excluding carboxylic acids is 1. The lowest BCUT2D eigenvalue weighted by Crippen LogP contribution is -2.38. The summed E-state index contributed by atoms with van der Waals surface area (Å²) in [5.41, 5.74) is 0.818. The molecule has 1 N–H and O–H groups in total. The molecule has 1 aromatic heterocycles. The van der Waals surface area contributed by atoms with E-state index in [-0.39, 0.29) is 17.8 Å². The zero-order valence-corrected chi connectivity index (χ0v) is 12.9. The van der Waals surface area contributed by atoms with E-state index in [0.717, 1.165) is 5.56 Å². The Hall–Kier alpha value is -2.28. The van der Waals surface area contributed by atoms with Gasteiger partial charge in [0, 0.05) is 6.54 Å². The van der Waals surface area contributed by atoms with Crippen molar-refractivity contribution in [3.8, 4) is 0 Å². The van der Waals surface area contributed by atoms with Crippen LogP contribution in [0.4, 0.5) is 4.39 Å². The van der Waals surface area contributed by atoms with Gasteiger partial charge in [-0.2, -0.15) is 5.10 Å². The van der Waals surface area contributed by atoms with Gasteiger partial charge in [0.25, 0.3) is 0 Å². The third-order valence-corrected chi connectivity index (χ3v) is 3.54. The third kappa shape index (κ3) is 3.88. The molecule has 0 aliphatic carbocycles. The number of carbonyl (C=O) groups is 1. The first kappa shape index (κ1) is 16.1. The molecule has 0 radical (unpaired) electrons. The van der Waals surface area contributed by atoms with Gasteiger partial charge in [0.15, 0.2) is 0 Å². The summed E-state index contributed by atoms with van der Waals surface area (Å²) in [6.07, 6.45) is 2.89. The second-order valence-corrected chi connectivity index (χ2v) is 5.33. The molecule has 0 aliphatic heterocycles. The number of nitrogens with zero attached hydrogens (tertiary/aromatic N) is 4. The highest BCUT2D eigenvalue weighted by atomic mass is 19.1. The molecule has 2 aromatic rings. The van der Waals surface area contributed by atoms with E-state index in [1.165, 1.54) is 29.5 Å². The van der Waals surface area contributed by atoms with Crippen molar-refractivity contribution in [2.75, 3.05) is 20.6 Å². The van der Waals surface area contributed by atoms with Gasteiger partial charge in [-0.15, -0.1) is 0 Å². The maximum atomic E-state index is 13.4. The van der Waals surface area contributed by atoms with Crippen LogP contribution in [0.1, 0.15) is 24.6 Å². The van der Waals surface area contributed by atoms with Crippen molar-refractivity contribution in [3.05, 3.63) is 48.3 Å². The molecule has 0 fully saturated rings.